The molecule has 0 spiro atoms. The van der Waals surface area contributed by atoms with Crippen molar-refractivity contribution in [2.24, 2.45) is 0 Å². The summed E-state index contributed by atoms with van der Waals surface area (Å²) in [4.78, 5) is 13.9. The van der Waals surface area contributed by atoms with Crippen molar-refractivity contribution < 1.29 is 9.21 Å². The molecule has 1 aliphatic carbocycles. The Bertz CT molecular complexity index is 1290. The number of rotatable bonds is 4. The number of nitrogens with zero attached hydrogens (tertiary/aromatic N) is 2. The van der Waals surface area contributed by atoms with Crippen LogP contribution in [0.25, 0.3) is 17.4 Å². The number of hydrogen-bond donors (Lipinski definition) is 1. The molecule has 0 unspecified atom stereocenters. The molecule has 0 atom stereocenters. The number of amides is 1. The molecule has 3 aromatic rings. The summed E-state index contributed by atoms with van der Waals surface area (Å²) in [5.74, 6) is 0.238. The van der Waals surface area contributed by atoms with Gasteiger partial charge in [-0.2, -0.15) is 10.5 Å². The number of nitrogens with one attached hydrogen (secondary N) is 1. The van der Waals surface area contributed by atoms with Crippen LogP contribution in [0, 0.1) is 22.7 Å². The van der Waals surface area contributed by atoms with Crippen LogP contribution in [0.1, 0.15) is 34.6 Å². The summed E-state index contributed by atoms with van der Waals surface area (Å²) in [7, 11) is 0. The van der Waals surface area contributed by atoms with Crippen LogP contribution >= 0.6 is 34.5 Å². The minimum Gasteiger partial charge on any atom is -0.457 e. The van der Waals surface area contributed by atoms with E-state index in [0.29, 0.717) is 37.7 Å². The van der Waals surface area contributed by atoms with E-state index in [1.54, 1.807) is 30.3 Å². The third-order valence-corrected chi connectivity index (χ3v) is 6.74. The monoisotopic (exact) mass is 467 g/mol. The van der Waals surface area contributed by atoms with Crippen molar-refractivity contribution in [2.45, 2.75) is 25.7 Å². The van der Waals surface area contributed by atoms with Crippen molar-refractivity contribution in [2.75, 3.05) is 5.32 Å². The van der Waals surface area contributed by atoms with Gasteiger partial charge in [0.15, 0.2) is 0 Å². The second kappa shape index (κ2) is 8.99. The standard InChI is InChI=1S/C23H15Cl2N3O2S/c24-14-5-7-17(19(25)10-14)20-8-6-15(30-20)9-13(11-26)22(29)28-23-18(12-27)16-3-1-2-4-21(16)31-23/h5-10H,1-4H2,(H,28,29)/b13-9+. The van der Waals surface area contributed by atoms with Crippen LogP contribution in [-0.2, 0) is 17.6 Å². The lowest BCUT2D eigenvalue weighted by Gasteiger charge is -2.09. The van der Waals surface area contributed by atoms with Crippen LogP contribution in [0.2, 0.25) is 10.0 Å². The Labute approximate surface area is 193 Å². The maximum atomic E-state index is 12.7. The Balaban J connectivity index is 1.58. The predicted molar refractivity (Wildman–Crippen MR) is 122 cm³/mol. The molecule has 2 heterocycles. The molecule has 1 aliphatic rings. The number of benzene rings is 1. The topological polar surface area (TPSA) is 89.8 Å². The highest BCUT2D eigenvalue weighted by Gasteiger charge is 2.23. The molecule has 4 rings (SSSR count). The van der Waals surface area contributed by atoms with Gasteiger partial charge in [-0.1, -0.05) is 23.2 Å². The van der Waals surface area contributed by atoms with E-state index < -0.39 is 5.91 Å². The molecular formula is C23H15Cl2N3O2S. The molecule has 2 aromatic heterocycles. The maximum absolute atomic E-state index is 12.7. The average Bonchev–Trinajstić information content (AvgIpc) is 3.35. The third kappa shape index (κ3) is 4.38. The summed E-state index contributed by atoms with van der Waals surface area (Å²) in [5.41, 5.74) is 2.05. The zero-order chi connectivity index (χ0) is 22.0. The number of nitriles is 2. The molecule has 1 N–H and O–H groups in total. The van der Waals surface area contributed by atoms with Crippen LogP contribution < -0.4 is 5.32 Å². The molecule has 5 nitrogen and oxygen atoms in total. The Morgan fingerprint density at radius 1 is 1.16 bits per heavy atom. The van der Waals surface area contributed by atoms with Gasteiger partial charge in [0.1, 0.15) is 34.2 Å². The van der Waals surface area contributed by atoms with Gasteiger partial charge in [-0.15, -0.1) is 11.3 Å². The van der Waals surface area contributed by atoms with Crippen LogP contribution in [0.15, 0.2) is 40.3 Å². The maximum Gasteiger partial charge on any atom is 0.267 e. The summed E-state index contributed by atoms with van der Waals surface area (Å²) >= 11 is 13.6. The molecule has 0 fully saturated rings. The SMILES string of the molecule is N#C/C(=C\c1ccc(-c2ccc(Cl)cc2Cl)o1)C(=O)Nc1sc2c(c1C#N)CCCC2. The lowest BCUT2D eigenvalue weighted by Crippen LogP contribution is -2.13. The minimum atomic E-state index is -0.583. The van der Waals surface area contributed by atoms with Gasteiger partial charge in [0, 0.05) is 21.5 Å². The fourth-order valence-corrected chi connectivity index (χ4v) is 5.23. The zero-order valence-electron chi connectivity index (χ0n) is 16.2. The van der Waals surface area contributed by atoms with Gasteiger partial charge in [-0.25, -0.2) is 0 Å². The average molecular weight is 468 g/mol. The second-order valence-corrected chi connectivity index (χ2v) is 8.93. The molecule has 8 heteroatoms. The number of furan rings is 1. The Kier molecular flexibility index (Phi) is 6.15. The van der Waals surface area contributed by atoms with E-state index >= 15 is 0 Å². The molecule has 0 saturated heterocycles. The van der Waals surface area contributed by atoms with Gasteiger partial charge in [-0.05, 0) is 61.6 Å². The first kappa shape index (κ1) is 21.2. The highest BCUT2D eigenvalue weighted by atomic mass is 35.5. The van der Waals surface area contributed by atoms with E-state index in [0.717, 1.165) is 36.1 Å². The highest BCUT2D eigenvalue weighted by molar-refractivity contribution is 7.16. The lowest BCUT2D eigenvalue weighted by atomic mass is 9.96. The molecule has 0 saturated carbocycles. The molecule has 0 bridgehead atoms. The Morgan fingerprint density at radius 3 is 2.71 bits per heavy atom. The smallest absolute Gasteiger partial charge is 0.267 e. The molecule has 0 aliphatic heterocycles. The summed E-state index contributed by atoms with van der Waals surface area (Å²) in [6.45, 7) is 0. The van der Waals surface area contributed by atoms with Crippen molar-refractivity contribution in [1.82, 2.24) is 0 Å². The number of carbonyl (C=O) groups is 1. The van der Waals surface area contributed by atoms with Crippen LogP contribution in [0.4, 0.5) is 5.00 Å². The fraction of sp³-hybridized carbons (Fsp3) is 0.174. The van der Waals surface area contributed by atoms with Gasteiger partial charge in [0.25, 0.3) is 5.91 Å². The van der Waals surface area contributed by atoms with Crippen molar-refractivity contribution in [1.29, 1.82) is 10.5 Å². The fourth-order valence-electron chi connectivity index (χ4n) is 3.50. The van der Waals surface area contributed by atoms with Gasteiger partial charge in [-0.3, -0.25) is 4.79 Å². The predicted octanol–water partition coefficient (Wildman–Crippen LogP) is 6.61. The Morgan fingerprint density at radius 2 is 1.97 bits per heavy atom. The van der Waals surface area contributed by atoms with E-state index in [1.165, 1.54) is 17.4 Å². The van der Waals surface area contributed by atoms with Gasteiger partial charge in [0.05, 0.1) is 10.6 Å². The number of hydrogen-bond acceptors (Lipinski definition) is 5. The number of anilines is 1. The molecule has 1 amide bonds. The first-order chi connectivity index (χ1) is 15.0. The molecule has 0 radical (unpaired) electrons. The van der Waals surface area contributed by atoms with E-state index in [9.17, 15) is 15.3 Å². The van der Waals surface area contributed by atoms with Gasteiger partial charge in [0.2, 0.25) is 0 Å². The van der Waals surface area contributed by atoms with Gasteiger partial charge >= 0.3 is 0 Å². The summed E-state index contributed by atoms with van der Waals surface area (Å²) in [6.07, 6.45) is 5.23. The summed E-state index contributed by atoms with van der Waals surface area (Å²) in [5, 5.41) is 23.2. The van der Waals surface area contributed by atoms with E-state index in [2.05, 4.69) is 11.4 Å². The molecular weight excluding hydrogens is 453 g/mol. The third-order valence-electron chi connectivity index (χ3n) is 4.99. The van der Waals surface area contributed by atoms with Crippen molar-refractivity contribution in [3.8, 4) is 23.5 Å². The largest absolute Gasteiger partial charge is 0.457 e. The van der Waals surface area contributed by atoms with Crippen LogP contribution in [0.5, 0.6) is 0 Å². The number of fused-ring (bicyclic) bond motifs is 1. The molecule has 1 aromatic carbocycles. The van der Waals surface area contributed by atoms with Gasteiger partial charge < -0.3 is 9.73 Å². The van der Waals surface area contributed by atoms with E-state index in [4.69, 9.17) is 27.6 Å². The number of aryl methyl sites for hydroxylation is 1. The normalized spacial score (nSPS) is 13.2. The number of carbonyl (C=O) groups excluding carboxylic acids is 1. The number of thiophene rings is 1. The highest BCUT2D eigenvalue weighted by Crippen LogP contribution is 2.38. The van der Waals surface area contributed by atoms with Crippen molar-refractivity contribution >= 4 is 51.5 Å². The van der Waals surface area contributed by atoms with Crippen molar-refractivity contribution in [3.63, 3.8) is 0 Å². The van der Waals surface area contributed by atoms with E-state index in [-0.39, 0.29) is 5.57 Å². The first-order valence-electron chi connectivity index (χ1n) is 9.53. The second-order valence-electron chi connectivity index (χ2n) is 6.98. The molecule has 31 heavy (non-hydrogen) atoms. The van der Waals surface area contributed by atoms with Crippen molar-refractivity contribution in [3.05, 3.63) is 67.7 Å². The van der Waals surface area contributed by atoms with Crippen LogP contribution in [0.3, 0.4) is 0 Å². The zero-order valence-corrected chi connectivity index (χ0v) is 18.5. The Hall–Kier alpha value is -3.03. The van der Waals surface area contributed by atoms with Crippen LogP contribution in [-0.4, -0.2) is 5.91 Å². The van der Waals surface area contributed by atoms with E-state index in [1.807, 2.05) is 6.07 Å². The summed E-state index contributed by atoms with van der Waals surface area (Å²) in [6, 6.07) is 12.5. The first-order valence-corrected chi connectivity index (χ1v) is 11.1. The lowest BCUT2D eigenvalue weighted by molar-refractivity contribution is -0.112. The molecule has 154 valence electrons. The summed E-state index contributed by atoms with van der Waals surface area (Å²) < 4.78 is 5.75. The number of halogens is 2. The quantitative estimate of drug-likeness (QED) is 0.345. The minimum absolute atomic E-state index is 0.127.